The molecule has 0 atom stereocenters. The van der Waals surface area contributed by atoms with Gasteiger partial charge >= 0.3 is 0 Å². The number of methoxy groups -OCH3 is 1. The number of imidazole rings is 1. The van der Waals surface area contributed by atoms with Gasteiger partial charge < -0.3 is 10.5 Å². The van der Waals surface area contributed by atoms with E-state index in [2.05, 4.69) is 9.97 Å². The van der Waals surface area contributed by atoms with Gasteiger partial charge in [-0.3, -0.25) is 4.40 Å². The molecule has 0 aliphatic rings. The smallest absolute Gasteiger partial charge is 0.180 e. The van der Waals surface area contributed by atoms with Crippen molar-refractivity contribution in [3.63, 3.8) is 0 Å². The van der Waals surface area contributed by atoms with E-state index in [1.807, 2.05) is 6.92 Å². The number of ether oxygens (including phenoxy) is 1. The number of nitrogens with two attached hydrogens (primary N) is 1. The van der Waals surface area contributed by atoms with Gasteiger partial charge in [-0.15, -0.1) is 0 Å². The van der Waals surface area contributed by atoms with E-state index in [-0.39, 0.29) is 22.0 Å². The molecule has 0 radical (unpaired) electrons. The second-order valence-electron chi connectivity index (χ2n) is 6.91. The third-order valence-electron chi connectivity index (χ3n) is 4.88. The van der Waals surface area contributed by atoms with Crippen molar-refractivity contribution in [2.24, 2.45) is 0 Å². The molecule has 0 aliphatic heterocycles. The molecule has 0 bridgehead atoms. The number of nitrogens with zero attached hydrogens (tertiary/aromatic N) is 3. The van der Waals surface area contributed by atoms with Crippen LogP contribution in [0.1, 0.15) is 5.56 Å². The number of fused-ring (bicyclic) bond motifs is 1. The summed E-state index contributed by atoms with van der Waals surface area (Å²) in [7, 11) is -1.95. The van der Waals surface area contributed by atoms with Gasteiger partial charge in [-0.1, -0.05) is 12.1 Å². The zero-order valence-corrected chi connectivity index (χ0v) is 17.4. The van der Waals surface area contributed by atoms with Crippen molar-refractivity contribution in [3.8, 4) is 28.3 Å². The van der Waals surface area contributed by atoms with Crippen LogP contribution in [0.3, 0.4) is 0 Å². The summed E-state index contributed by atoms with van der Waals surface area (Å²) in [6, 6.07) is 9.37. The minimum atomic E-state index is -3.39. The molecule has 9 heteroatoms. The molecule has 2 aromatic carbocycles. The number of anilines is 1. The van der Waals surface area contributed by atoms with E-state index >= 15 is 0 Å². The Morgan fingerprint density at radius 2 is 1.97 bits per heavy atom. The summed E-state index contributed by atoms with van der Waals surface area (Å²) in [6.07, 6.45) is 4.35. The van der Waals surface area contributed by atoms with Gasteiger partial charge in [0, 0.05) is 18.0 Å². The van der Waals surface area contributed by atoms with Gasteiger partial charge in [0.1, 0.15) is 11.6 Å². The van der Waals surface area contributed by atoms with E-state index in [4.69, 9.17) is 10.5 Å². The van der Waals surface area contributed by atoms with Gasteiger partial charge in [0.05, 0.1) is 35.2 Å². The first-order chi connectivity index (χ1) is 14.2. The van der Waals surface area contributed by atoms with Crippen LogP contribution in [-0.2, 0) is 9.84 Å². The van der Waals surface area contributed by atoms with Gasteiger partial charge in [0.2, 0.25) is 0 Å². The van der Waals surface area contributed by atoms with E-state index < -0.39 is 15.7 Å². The fourth-order valence-corrected chi connectivity index (χ4v) is 4.01. The monoisotopic (exact) mass is 426 g/mol. The molecule has 0 saturated heterocycles. The summed E-state index contributed by atoms with van der Waals surface area (Å²) in [5.74, 6) is -0.0725. The molecule has 7 nitrogen and oxygen atoms in total. The van der Waals surface area contributed by atoms with Crippen molar-refractivity contribution in [3.05, 3.63) is 60.2 Å². The molecule has 0 fully saturated rings. The predicted octanol–water partition coefficient (Wildman–Crippen LogP) is 3.51. The fourth-order valence-electron chi connectivity index (χ4n) is 3.36. The van der Waals surface area contributed by atoms with Gasteiger partial charge in [0.25, 0.3) is 0 Å². The molecule has 30 heavy (non-hydrogen) atoms. The standard InChI is InChI=1S/C21H19FN4O3S/c1-12-7-8-13(30(3,27)28)9-14(12)17-10-24-21-20(23)25-16(11-26(17)21)19-15(22)5-4-6-18(19)29-2/h4-11H,1-3H3,(H2,23,25). The lowest BCUT2D eigenvalue weighted by atomic mass is 10.1. The summed E-state index contributed by atoms with van der Waals surface area (Å²) >= 11 is 0. The second-order valence-corrected chi connectivity index (χ2v) is 8.93. The van der Waals surface area contributed by atoms with Crippen LogP contribution >= 0.6 is 0 Å². The Morgan fingerprint density at radius 3 is 2.67 bits per heavy atom. The molecular formula is C21H19FN4O3S. The number of hydrogen-bond acceptors (Lipinski definition) is 6. The highest BCUT2D eigenvalue weighted by Gasteiger charge is 2.19. The number of aryl methyl sites for hydroxylation is 1. The molecule has 0 saturated carbocycles. The third-order valence-corrected chi connectivity index (χ3v) is 5.99. The summed E-state index contributed by atoms with van der Waals surface area (Å²) in [6.45, 7) is 1.87. The Bertz CT molecular complexity index is 1400. The topological polar surface area (TPSA) is 99.6 Å². The zero-order chi connectivity index (χ0) is 21.6. The largest absolute Gasteiger partial charge is 0.496 e. The number of sulfone groups is 1. The van der Waals surface area contributed by atoms with Crippen LogP contribution in [-0.4, -0.2) is 36.2 Å². The number of nitrogen functional groups attached to an aromatic ring is 1. The van der Waals surface area contributed by atoms with Gasteiger partial charge in [-0.05, 0) is 36.8 Å². The van der Waals surface area contributed by atoms with Crippen LogP contribution in [0.5, 0.6) is 5.75 Å². The van der Waals surface area contributed by atoms with Crippen LogP contribution in [0.15, 0.2) is 53.7 Å². The number of aromatic nitrogens is 3. The average molecular weight is 426 g/mol. The van der Waals surface area contributed by atoms with Gasteiger partial charge in [0.15, 0.2) is 21.3 Å². The quantitative estimate of drug-likeness (QED) is 0.536. The molecule has 154 valence electrons. The Morgan fingerprint density at radius 1 is 1.20 bits per heavy atom. The summed E-state index contributed by atoms with van der Waals surface area (Å²) in [4.78, 5) is 8.82. The molecule has 0 amide bonds. The highest BCUT2D eigenvalue weighted by molar-refractivity contribution is 7.90. The maximum absolute atomic E-state index is 14.6. The minimum Gasteiger partial charge on any atom is -0.496 e. The second kappa shape index (κ2) is 7.10. The maximum Gasteiger partial charge on any atom is 0.180 e. The van der Waals surface area contributed by atoms with E-state index in [1.165, 1.54) is 13.2 Å². The lowest BCUT2D eigenvalue weighted by molar-refractivity contribution is 0.413. The van der Waals surface area contributed by atoms with Crippen LogP contribution < -0.4 is 10.5 Å². The zero-order valence-electron chi connectivity index (χ0n) is 16.5. The van der Waals surface area contributed by atoms with Crippen LogP contribution in [0.4, 0.5) is 10.2 Å². The van der Waals surface area contributed by atoms with E-state index in [1.54, 1.807) is 47.1 Å². The number of rotatable bonds is 4. The molecule has 4 aromatic rings. The normalized spacial score (nSPS) is 11.7. The van der Waals surface area contributed by atoms with Crippen LogP contribution in [0.2, 0.25) is 0 Å². The molecule has 2 heterocycles. The number of hydrogen-bond donors (Lipinski definition) is 1. The predicted molar refractivity (Wildman–Crippen MR) is 113 cm³/mol. The first kappa shape index (κ1) is 19.8. The van der Waals surface area contributed by atoms with Crippen molar-refractivity contribution in [1.82, 2.24) is 14.4 Å². The maximum atomic E-state index is 14.6. The third kappa shape index (κ3) is 3.26. The van der Waals surface area contributed by atoms with Crippen LogP contribution in [0, 0.1) is 12.7 Å². The highest BCUT2D eigenvalue weighted by atomic mass is 32.2. The van der Waals surface area contributed by atoms with Gasteiger partial charge in [-0.2, -0.15) is 0 Å². The van der Waals surface area contributed by atoms with Crippen molar-refractivity contribution < 1.29 is 17.5 Å². The SMILES string of the molecule is COc1cccc(F)c1-c1cn2c(-c3cc(S(C)(=O)=O)ccc3C)cnc2c(N)n1. The van der Waals surface area contributed by atoms with E-state index in [9.17, 15) is 12.8 Å². The fraction of sp³-hybridized carbons (Fsp3) is 0.143. The Hall–Kier alpha value is -3.46. The average Bonchev–Trinajstić information content (AvgIpc) is 3.11. The van der Waals surface area contributed by atoms with E-state index in [0.29, 0.717) is 22.7 Å². The lowest BCUT2D eigenvalue weighted by Crippen LogP contribution is -2.03. The molecule has 0 aliphatic carbocycles. The van der Waals surface area contributed by atoms with Crippen LogP contribution in [0.25, 0.3) is 28.2 Å². The molecular weight excluding hydrogens is 407 g/mol. The van der Waals surface area contributed by atoms with Gasteiger partial charge in [-0.25, -0.2) is 22.8 Å². The first-order valence-corrected chi connectivity index (χ1v) is 10.9. The van der Waals surface area contributed by atoms with E-state index in [0.717, 1.165) is 11.8 Å². The minimum absolute atomic E-state index is 0.112. The summed E-state index contributed by atoms with van der Waals surface area (Å²) in [5, 5.41) is 0. The number of benzene rings is 2. The Labute approximate surface area is 172 Å². The number of halogens is 1. The van der Waals surface area contributed by atoms with Crippen molar-refractivity contribution in [1.29, 1.82) is 0 Å². The first-order valence-electron chi connectivity index (χ1n) is 8.98. The summed E-state index contributed by atoms with van der Waals surface area (Å²) in [5.41, 5.74) is 9.07. The molecule has 2 N–H and O–H groups in total. The lowest BCUT2D eigenvalue weighted by Gasteiger charge is -2.12. The Kier molecular flexibility index (Phi) is 4.70. The molecule has 4 rings (SSSR count). The van der Waals surface area contributed by atoms with Crippen molar-refractivity contribution >= 4 is 21.3 Å². The van der Waals surface area contributed by atoms with Crippen molar-refractivity contribution in [2.45, 2.75) is 11.8 Å². The Balaban J connectivity index is 2.00. The molecule has 2 aromatic heterocycles. The molecule has 0 spiro atoms. The molecule has 0 unspecified atom stereocenters. The van der Waals surface area contributed by atoms with Crippen molar-refractivity contribution in [2.75, 3.05) is 19.1 Å². The highest BCUT2D eigenvalue weighted by Crippen LogP contribution is 2.34. The summed E-state index contributed by atoms with van der Waals surface area (Å²) < 4.78 is 45.6.